The lowest BCUT2D eigenvalue weighted by molar-refractivity contribution is -0.117. The number of rotatable bonds is 3. The first-order valence-corrected chi connectivity index (χ1v) is 5.84. The third-order valence-corrected chi connectivity index (χ3v) is 2.91. The van der Waals surface area contributed by atoms with E-state index in [-0.39, 0.29) is 11.9 Å². The van der Waals surface area contributed by atoms with Crippen LogP contribution in [0.4, 0.5) is 4.79 Å². The summed E-state index contributed by atoms with van der Waals surface area (Å²) in [6.45, 7) is 2.06. The molecule has 92 valence electrons. The molecule has 0 aromatic heterocycles. The van der Waals surface area contributed by atoms with Crippen molar-refractivity contribution in [1.29, 1.82) is 0 Å². The van der Waals surface area contributed by atoms with Gasteiger partial charge in [-0.3, -0.25) is 10.1 Å². The molecule has 1 N–H and O–H groups in total. The molecule has 1 heterocycles. The number of nitrogens with one attached hydrogen (secondary N) is 1. The van der Waals surface area contributed by atoms with Gasteiger partial charge in [-0.1, -0.05) is 0 Å². The normalized spacial score (nSPS) is 17.2. The number of carbonyl (C=O) groups excluding carboxylic acids is 2. The molecular formula is C10H17ClN2O3. The van der Waals surface area contributed by atoms with Gasteiger partial charge in [0, 0.05) is 26.8 Å². The molecule has 3 amide bonds. The molecule has 6 heteroatoms. The van der Waals surface area contributed by atoms with Crippen molar-refractivity contribution in [3.05, 3.63) is 0 Å². The first-order valence-electron chi connectivity index (χ1n) is 5.31. The molecule has 0 spiro atoms. The largest absolute Gasteiger partial charge is 0.384 e. The fourth-order valence-corrected chi connectivity index (χ4v) is 1.84. The van der Waals surface area contributed by atoms with E-state index in [0.29, 0.717) is 19.0 Å². The van der Waals surface area contributed by atoms with Crippen molar-refractivity contribution < 1.29 is 14.3 Å². The van der Waals surface area contributed by atoms with Crippen molar-refractivity contribution in [2.75, 3.05) is 32.7 Å². The number of imide groups is 1. The summed E-state index contributed by atoms with van der Waals surface area (Å²) in [4.78, 5) is 24.1. The molecular weight excluding hydrogens is 232 g/mol. The number of methoxy groups -OCH3 is 1. The number of likely N-dealkylation sites (tertiary alicyclic amines) is 1. The maximum Gasteiger partial charge on any atom is 0.324 e. The van der Waals surface area contributed by atoms with Crippen LogP contribution >= 0.6 is 11.6 Å². The second-order valence-electron chi connectivity index (χ2n) is 3.87. The monoisotopic (exact) mass is 248 g/mol. The summed E-state index contributed by atoms with van der Waals surface area (Å²) in [5.74, 6) is -0.130. The van der Waals surface area contributed by atoms with Crippen molar-refractivity contribution in [3.8, 4) is 0 Å². The number of amides is 3. The van der Waals surface area contributed by atoms with Crippen LogP contribution in [0.5, 0.6) is 0 Å². The van der Waals surface area contributed by atoms with Crippen LogP contribution in [0.3, 0.4) is 0 Å². The number of nitrogens with zero attached hydrogens (tertiary/aromatic N) is 1. The number of hydrogen-bond donors (Lipinski definition) is 1. The summed E-state index contributed by atoms with van der Waals surface area (Å²) >= 11 is 5.30. The Morgan fingerprint density at radius 2 is 2.06 bits per heavy atom. The van der Waals surface area contributed by atoms with Crippen LogP contribution in [0, 0.1) is 5.92 Å². The molecule has 0 aromatic rings. The number of urea groups is 1. The molecule has 5 nitrogen and oxygen atoms in total. The Morgan fingerprint density at radius 1 is 1.44 bits per heavy atom. The first kappa shape index (κ1) is 13.3. The van der Waals surface area contributed by atoms with Crippen LogP contribution in [0.25, 0.3) is 0 Å². The molecule has 0 aromatic carbocycles. The summed E-state index contributed by atoms with van der Waals surface area (Å²) < 4.78 is 5.07. The van der Waals surface area contributed by atoms with E-state index in [2.05, 4.69) is 5.32 Å². The van der Waals surface area contributed by atoms with E-state index >= 15 is 0 Å². The van der Waals surface area contributed by atoms with E-state index in [0.717, 1.165) is 19.4 Å². The predicted octanol–water partition coefficient (Wildman–Crippen LogP) is 0.820. The van der Waals surface area contributed by atoms with E-state index in [1.807, 2.05) is 0 Å². The van der Waals surface area contributed by atoms with Crippen LogP contribution in [-0.4, -0.2) is 49.5 Å². The molecule has 1 rings (SSSR count). The number of carbonyl (C=O) groups is 2. The molecule has 0 radical (unpaired) electrons. The van der Waals surface area contributed by atoms with Crippen molar-refractivity contribution in [2.45, 2.75) is 12.8 Å². The van der Waals surface area contributed by atoms with Gasteiger partial charge in [0.2, 0.25) is 5.91 Å². The minimum atomic E-state index is -0.453. The zero-order valence-corrected chi connectivity index (χ0v) is 10.1. The fourth-order valence-electron chi connectivity index (χ4n) is 1.77. The topological polar surface area (TPSA) is 58.6 Å². The zero-order valence-electron chi connectivity index (χ0n) is 9.37. The average Bonchev–Trinajstić information content (AvgIpc) is 2.30. The molecule has 0 saturated carbocycles. The first-order chi connectivity index (χ1) is 7.67. The lowest BCUT2D eigenvalue weighted by atomic mass is 9.98. The SMILES string of the molecule is COCC1CCN(C(=O)NC(=O)CCl)CC1. The number of halogens is 1. The van der Waals surface area contributed by atoms with Crippen LogP contribution in [0.2, 0.25) is 0 Å². The maximum atomic E-state index is 11.5. The Labute approximate surface area is 100 Å². The maximum absolute atomic E-state index is 11.5. The predicted molar refractivity (Wildman–Crippen MR) is 60.4 cm³/mol. The van der Waals surface area contributed by atoms with Gasteiger partial charge in [-0.2, -0.15) is 0 Å². The summed E-state index contributed by atoms with van der Waals surface area (Å²) in [6.07, 6.45) is 1.83. The van der Waals surface area contributed by atoms with Crippen LogP contribution < -0.4 is 5.32 Å². The van der Waals surface area contributed by atoms with Crippen molar-refractivity contribution in [3.63, 3.8) is 0 Å². The number of piperidine rings is 1. The molecule has 0 bridgehead atoms. The lowest BCUT2D eigenvalue weighted by Gasteiger charge is -2.31. The van der Waals surface area contributed by atoms with Crippen molar-refractivity contribution >= 4 is 23.5 Å². The molecule has 1 fully saturated rings. The van der Waals surface area contributed by atoms with Gasteiger partial charge < -0.3 is 9.64 Å². The second kappa shape index (κ2) is 6.70. The quantitative estimate of drug-likeness (QED) is 0.753. The van der Waals surface area contributed by atoms with Gasteiger partial charge in [0.15, 0.2) is 0 Å². The van der Waals surface area contributed by atoms with Crippen LogP contribution in [0.15, 0.2) is 0 Å². The van der Waals surface area contributed by atoms with E-state index in [9.17, 15) is 9.59 Å². The Morgan fingerprint density at radius 3 is 2.56 bits per heavy atom. The zero-order chi connectivity index (χ0) is 12.0. The highest BCUT2D eigenvalue weighted by molar-refractivity contribution is 6.28. The highest BCUT2D eigenvalue weighted by atomic mass is 35.5. The van der Waals surface area contributed by atoms with Gasteiger partial charge in [-0.25, -0.2) is 4.79 Å². The highest BCUT2D eigenvalue weighted by Crippen LogP contribution is 2.17. The minimum Gasteiger partial charge on any atom is -0.384 e. The Hall–Kier alpha value is -0.810. The van der Waals surface area contributed by atoms with Gasteiger partial charge >= 0.3 is 6.03 Å². The van der Waals surface area contributed by atoms with E-state index < -0.39 is 5.91 Å². The fraction of sp³-hybridized carbons (Fsp3) is 0.800. The van der Waals surface area contributed by atoms with Gasteiger partial charge in [0.25, 0.3) is 0 Å². The molecule has 1 saturated heterocycles. The van der Waals surface area contributed by atoms with E-state index in [4.69, 9.17) is 16.3 Å². The highest BCUT2D eigenvalue weighted by Gasteiger charge is 2.23. The summed E-state index contributed by atoms with van der Waals surface area (Å²) in [6, 6.07) is -0.346. The number of ether oxygens (including phenoxy) is 1. The average molecular weight is 249 g/mol. The number of alkyl halides is 1. The standard InChI is InChI=1S/C10H17ClN2O3/c1-16-7-8-2-4-13(5-3-8)10(15)12-9(14)6-11/h8H,2-7H2,1H3,(H,12,14,15). The number of hydrogen-bond acceptors (Lipinski definition) is 3. The minimum absolute atomic E-state index is 0.189. The van der Waals surface area contributed by atoms with Gasteiger partial charge in [0.05, 0.1) is 0 Å². The molecule has 1 aliphatic heterocycles. The third kappa shape index (κ3) is 3.98. The Kier molecular flexibility index (Phi) is 5.55. The summed E-state index contributed by atoms with van der Waals surface area (Å²) in [7, 11) is 1.68. The van der Waals surface area contributed by atoms with Gasteiger partial charge in [-0.05, 0) is 18.8 Å². The Bertz CT molecular complexity index is 252. The van der Waals surface area contributed by atoms with Crippen LogP contribution in [-0.2, 0) is 9.53 Å². The lowest BCUT2D eigenvalue weighted by Crippen LogP contribution is -2.47. The van der Waals surface area contributed by atoms with Gasteiger partial charge in [0.1, 0.15) is 5.88 Å². The second-order valence-corrected chi connectivity index (χ2v) is 4.14. The van der Waals surface area contributed by atoms with Crippen molar-refractivity contribution in [1.82, 2.24) is 10.2 Å². The third-order valence-electron chi connectivity index (χ3n) is 2.67. The van der Waals surface area contributed by atoms with Crippen molar-refractivity contribution in [2.24, 2.45) is 5.92 Å². The summed E-state index contributed by atoms with van der Waals surface area (Å²) in [5.41, 5.74) is 0. The molecule has 16 heavy (non-hydrogen) atoms. The summed E-state index contributed by atoms with van der Waals surface area (Å²) in [5, 5.41) is 2.23. The van der Waals surface area contributed by atoms with E-state index in [1.165, 1.54) is 0 Å². The van der Waals surface area contributed by atoms with Gasteiger partial charge in [-0.15, -0.1) is 11.6 Å². The molecule has 1 aliphatic rings. The molecule has 0 aliphatic carbocycles. The van der Waals surface area contributed by atoms with Crippen LogP contribution in [0.1, 0.15) is 12.8 Å². The molecule has 0 atom stereocenters. The smallest absolute Gasteiger partial charge is 0.324 e. The molecule has 0 unspecified atom stereocenters. The van der Waals surface area contributed by atoms with E-state index in [1.54, 1.807) is 12.0 Å². The Balaban J connectivity index is 2.30.